The lowest BCUT2D eigenvalue weighted by molar-refractivity contribution is -0.0249. The van der Waals surface area contributed by atoms with E-state index in [2.05, 4.69) is 20.0 Å². The summed E-state index contributed by atoms with van der Waals surface area (Å²) in [5.74, 6) is -0.0629. The van der Waals surface area contributed by atoms with Gasteiger partial charge in [0.2, 0.25) is 5.95 Å². The third-order valence-electron chi connectivity index (χ3n) is 2.59. The molecule has 1 aromatic heterocycles. The zero-order valence-electron chi connectivity index (χ0n) is 9.32. The van der Waals surface area contributed by atoms with Crippen LogP contribution >= 0.6 is 0 Å². The van der Waals surface area contributed by atoms with Crippen molar-refractivity contribution in [2.75, 3.05) is 18.9 Å². The molecule has 9 heteroatoms. The van der Waals surface area contributed by atoms with E-state index in [0.717, 1.165) is 0 Å². The number of rotatable bonds is 3. The van der Waals surface area contributed by atoms with E-state index in [-0.39, 0.29) is 23.3 Å². The van der Waals surface area contributed by atoms with Gasteiger partial charge in [0.05, 0.1) is 19.2 Å². The van der Waals surface area contributed by atoms with E-state index in [1.807, 2.05) is 0 Å². The van der Waals surface area contributed by atoms with Crippen LogP contribution in [-0.4, -0.2) is 56.7 Å². The van der Waals surface area contributed by atoms with Crippen molar-refractivity contribution in [3.8, 4) is 0 Å². The molecule has 2 heterocycles. The minimum absolute atomic E-state index is 0.0374. The third kappa shape index (κ3) is 2.23. The minimum atomic E-state index is -1.34. The molecular weight excluding hydrogens is 242 g/mol. The number of H-pyrrole nitrogens is 1. The number of aliphatic hydroxyl groups is 3. The van der Waals surface area contributed by atoms with Crippen LogP contribution in [0.2, 0.25) is 0 Å². The lowest BCUT2D eigenvalue weighted by Gasteiger charge is -2.22. The number of anilines is 1. The zero-order valence-corrected chi connectivity index (χ0v) is 9.32. The smallest absolute Gasteiger partial charge is 0.280 e. The summed E-state index contributed by atoms with van der Waals surface area (Å²) in [6.07, 6.45) is -2.64. The van der Waals surface area contributed by atoms with Gasteiger partial charge in [-0.2, -0.15) is 4.98 Å². The first-order chi connectivity index (χ1) is 8.52. The average Bonchev–Trinajstić information content (AvgIpc) is 2.36. The van der Waals surface area contributed by atoms with Crippen molar-refractivity contribution in [1.82, 2.24) is 9.97 Å². The SMILES string of the molecule is Nc1nc2c(c(=O)[nH]1)=NC([C@H](O)[C@H](O)CO)CN=2. The molecule has 0 radical (unpaired) electrons. The molecule has 1 unspecified atom stereocenters. The minimum Gasteiger partial charge on any atom is -0.394 e. The lowest BCUT2D eigenvalue weighted by Crippen LogP contribution is -2.51. The van der Waals surface area contributed by atoms with Gasteiger partial charge in [0.25, 0.3) is 5.56 Å². The van der Waals surface area contributed by atoms with Crippen LogP contribution in [0.25, 0.3) is 0 Å². The van der Waals surface area contributed by atoms with Gasteiger partial charge < -0.3 is 21.1 Å². The molecule has 1 aliphatic rings. The number of aromatic nitrogens is 2. The van der Waals surface area contributed by atoms with E-state index in [4.69, 9.17) is 10.8 Å². The Morgan fingerprint density at radius 3 is 2.89 bits per heavy atom. The Kier molecular flexibility index (Phi) is 3.36. The second kappa shape index (κ2) is 4.80. The van der Waals surface area contributed by atoms with E-state index >= 15 is 0 Å². The summed E-state index contributed by atoms with van der Waals surface area (Å²) in [6.45, 7) is -0.544. The van der Waals surface area contributed by atoms with E-state index < -0.39 is 30.4 Å². The molecule has 18 heavy (non-hydrogen) atoms. The number of nitrogens with zero attached hydrogens (tertiary/aromatic N) is 3. The fraction of sp³-hybridized carbons (Fsp3) is 0.556. The highest BCUT2D eigenvalue weighted by molar-refractivity contribution is 5.12. The Bertz CT molecular complexity index is 612. The number of nitrogen functional groups attached to an aromatic ring is 1. The van der Waals surface area contributed by atoms with Gasteiger partial charge in [0.15, 0.2) is 10.8 Å². The largest absolute Gasteiger partial charge is 0.394 e. The van der Waals surface area contributed by atoms with Crippen LogP contribution in [0.1, 0.15) is 0 Å². The maximum absolute atomic E-state index is 11.6. The number of aliphatic hydroxyl groups excluding tert-OH is 3. The zero-order chi connectivity index (χ0) is 13.3. The Hall–Kier alpha value is -1.84. The van der Waals surface area contributed by atoms with E-state index in [1.54, 1.807) is 0 Å². The molecule has 3 atom stereocenters. The van der Waals surface area contributed by atoms with Crippen molar-refractivity contribution in [2.24, 2.45) is 9.98 Å². The molecule has 0 bridgehead atoms. The molecule has 0 amide bonds. The monoisotopic (exact) mass is 255 g/mol. The topological polar surface area (TPSA) is 157 Å². The molecule has 0 aliphatic carbocycles. The predicted octanol–water partition coefficient (Wildman–Crippen LogP) is -4.31. The normalized spacial score (nSPS) is 21.4. The summed E-state index contributed by atoms with van der Waals surface area (Å²) >= 11 is 0. The summed E-state index contributed by atoms with van der Waals surface area (Å²) < 4.78 is 0. The molecule has 6 N–H and O–H groups in total. The van der Waals surface area contributed by atoms with Gasteiger partial charge in [-0.1, -0.05) is 0 Å². The van der Waals surface area contributed by atoms with Crippen LogP contribution < -0.4 is 22.1 Å². The van der Waals surface area contributed by atoms with Crippen LogP contribution in [0.3, 0.4) is 0 Å². The first-order valence-electron chi connectivity index (χ1n) is 5.28. The van der Waals surface area contributed by atoms with Crippen molar-refractivity contribution >= 4 is 5.95 Å². The fourth-order valence-electron chi connectivity index (χ4n) is 1.63. The van der Waals surface area contributed by atoms with Crippen molar-refractivity contribution in [3.63, 3.8) is 0 Å². The van der Waals surface area contributed by atoms with Crippen LogP contribution in [0.15, 0.2) is 14.8 Å². The summed E-state index contributed by atoms with van der Waals surface area (Å²) in [6, 6.07) is -0.800. The Balaban J connectivity index is 2.44. The van der Waals surface area contributed by atoms with Gasteiger partial charge in [-0.25, -0.2) is 0 Å². The Morgan fingerprint density at radius 2 is 2.22 bits per heavy atom. The second-order valence-electron chi connectivity index (χ2n) is 3.90. The van der Waals surface area contributed by atoms with Crippen LogP contribution in [0, 0.1) is 0 Å². The average molecular weight is 255 g/mol. The van der Waals surface area contributed by atoms with Crippen LogP contribution in [-0.2, 0) is 0 Å². The van der Waals surface area contributed by atoms with E-state index in [9.17, 15) is 15.0 Å². The molecule has 0 saturated carbocycles. The van der Waals surface area contributed by atoms with Gasteiger partial charge >= 0.3 is 0 Å². The summed E-state index contributed by atoms with van der Waals surface area (Å²) in [7, 11) is 0. The highest BCUT2D eigenvalue weighted by Gasteiger charge is 2.27. The molecule has 9 nitrogen and oxygen atoms in total. The molecular formula is C9H13N5O4. The standard InChI is InChI=1S/C9H13N5O4/c10-9-13-7-5(8(18)14-9)12-3(1-11-7)6(17)4(16)2-15/h3-4,6,15-17H,1-2H2,(H3,10,11,13,14,18)/t3?,4-,6+/m1/s1. The van der Waals surface area contributed by atoms with Gasteiger partial charge in [-0.3, -0.25) is 19.8 Å². The Morgan fingerprint density at radius 1 is 1.50 bits per heavy atom. The fourth-order valence-corrected chi connectivity index (χ4v) is 1.63. The van der Waals surface area contributed by atoms with E-state index in [1.165, 1.54) is 0 Å². The van der Waals surface area contributed by atoms with Gasteiger partial charge in [-0.15, -0.1) is 0 Å². The van der Waals surface area contributed by atoms with E-state index in [0.29, 0.717) is 0 Å². The van der Waals surface area contributed by atoms with Gasteiger partial charge in [-0.05, 0) is 0 Å². The summed E-state index contributed by atoms with van der Waals surface area (Å²) in [5.41, 5.74) is 4.91. The lowest BCUT2D eigenvalue weighted by atomic mass is 10.1. The molecule has 98 valence electrons. The quantitative estimate of drug-likeness (QED) is 0.367. The molecule has 1 aromatic rings. The highest BCUT2D eigenvalue weighted by Crippen LogP contribution is 2.05. The van der Waals surface area contributed by atoms with Crippen molar-refractivity contribution < 1.29 is 15.3 Å². The first kappa shape index (κ1) is 12.6. The number of aromatic amines is 1. The summed E-state index contributed by atoms with van der Waals surface area (Å²) in [4.78, 5) is 25.6. The van der Waals surface area contributed by atoms with Crippen molar-refractivity contribution in [3.05, 3.63) is 21.2 Å². The third-order valence-corrected chi connectivity index (χ3v) is 2.59. The molecule has 1 aliphatic heterocycles. The molecule has 0 saturated heterocycles. The maximum Gasteiger partial charge on any atom is 0.280 e. The van der Waals surface area contributed by atoms with Crippen molar-refractivity contribution in [2.45, 2.75) is 18.2 Å². The van der Waals surface area contributed by atoms with Crippen LogP contribution in [0.4, 0.5) is 5.95 Å². The van der Waals surface area contributed by atoms with Crippen molar-refractivity contribution in [1.29, 1.82) is 0 Å². The number of fused-ring (bicyclic) bond motifs is 1. The first-order valence-corrected chi connectivity index (χ1v) is 5.28. The van der Waals surface area contributed by atoms with Crippen LogP contribution in [0.5, 0.6) is 0 Å². The number of hydrogen-bond donors (Lipinski definition) is 5. The highest BCUT2D eigenvalue weighted by atomic mass is 16.4. The predicted molar refractivity (Wildman–Crippen MR) is 59.3 cm³/mol. The number of nitrogens with two attached hydrogens (primary N) is 1. The number of hydrogen-bond acceptors (Lipinski definition) is 8. The number of nitrogens with one attached hydrogen (secondary N) is 1. The second-order valence-corrected chi connectivity index (χ2v) is 3.90. The molecule has 0 fully saturated rings. The Labute approximate surface area is 100 Å². The summed E-state index contributed by atoms with van der Waals surface area (Å²) in [5, 5.41) is 27.7. The molecule has 0 spiro atoms. The van der Waals surface area contributed by atoms with Gasteiger partial charge in [0, 0.05) is 0 Å². The van der Waals surface area contributed by atoms with Gasteiger partial charge in [0.1, 0.15) is 12.2 Å². The molecule has 2 rings (SSSR count). The molecule has 0 aromatic carbocycles. The maximum atomic E-state index is 11.6.